The molecule has 2 aromatic carbocycles. The number of benzene rings is 2. The molecule has 0 atom stereocenters. The van der Waals surface area contributed by atoms with Crippen LogP contribution in [0, 0.1) is 5.82 Å². The number of nitrogens with one attached hydrogen (secondary N) is 1. The summed E-state index contributed by atoms with van der Waals surface area (Å²) in [5.41, 5.74) is 2.61. The zero-order valence-corrected chi connectivity index (χ0v) is 16.5. The molecular weight excluding hydrogens is 395 g/mol. The maximum Gasteiger partial charge on any atom is 0.268 e. The average molecular weight is 413 g/mol. The van der Waals surface area contributed by atoms with E-state index in [1.54, 1.807) is 17.0 Å². The summed E-state index contributed by atoms with van der Waals surface area (Å²) in [6.07, 6.45) is 0.807. The van der Waals surface area contributed by atoms with Crippen molar-refractivity contribution in [2.75, 3.05) is 22.5 Å². The molecule has 0 spiro atoms. The van der Waals surface area contributed by atoms with Gasteiger partial charge in [0.2, 0.25) is 5.91 Å². The summed E-state index contributed by atoms with van der Waals surface area (Å²) in [7, 11) is 0. The molecule has 2 heterocycles. The van der Waals surface area contributed by atoms with Crippen LogP contribution in [-0.4, -0.2) is 24.1 Å². The number of rotatable bonds is 5. The molecule has 142 valence electrons. The molecule has 0 fully saturated rings. The molecule has 1 aliphatic heterocycles. The van der Waals surface area contributed by atoms with Crippen molar-refractivity contribution in [1.82, 2.24) is 0 Å². The first-order valence-corrected chi connectivity index (χ1v) is 10.6. The number of anilines is 2. The number of hydrogen-bond acceptors (Lipinski definition) is 4. The van der Waals surface area contributed by atoms with Crippen LogP contribution in [0.15, 0.2) is 64.9 Å². The summed E-state index contributed by atoms with van der Waals surface area (Å²) in [5, 5.41) is 4.77. The summed E-state index contributed by atoms with van der Waals surface area (Å²) >= 11 is 2.77. The predicted octanol–water partition coefficient (Wildman–Crippen LogP) is 4.82. The molecule has 3 aromatic rings. The Morgan fingerprint density at radius 1 is 1.14 bits per heavy atom. The Hall–Kier alpha value is -2.64. The van der Waals surface area contributed by atoms with Gasteiger partial charge in [-0.15, -0.1) is 23.1 Å². The minimum atomic E-state index is -0.298. The predicted molar refractivity (Wildman–Crippen MR) is 112 cm³/mol. The minimum absolute atomic E-state index is 0.0101. The van der Waals surface area contributed by atoms with E-state index in [1.165, 1.54) is 35.2 Å². The smallest absolute Gasteiger partial charge is 0.268 e. The average Bonchev–Trinajstić information content (AvgIpc) is 3.37. The number of carbonyl (C=O) groups excluding carboxylic acids is 2. The van der Waals surface area contributed by atoms with Gasteiger partial charge in [-0.25, -0.2) is 4.39 Å². The van der Waals surface area contributed by atoms with Crippen LogP contribution in [0.1, 0.15) is 15.2 Å². The zero-order chi connectivity index (χ0) is 19.5. The molecule has 0 unspecified atom stereocenters. The molecule has 0 saturated carbocycles. The Morgan fingerprint density at radius 3 is 2.71 bits per heavy atom. The van der Waals surface area contributed by atoms with Crippen molar-refractivity contribution in [3.63, 3.8) is 0 Å². The molecule has 2 amide bonds. The van der Waals surface area contributed by atoms with Gasteiger partial charge in [-0.1, -0.05) is 12.1 Å². The summed E-state index contributed by atoms with van der Waals surface area (Å²) < 4.78 is 12.9. The van der Waals surface area contributed by atoms with E-state index in [-0.39, 0.29) is 23.4 Å². The number of amides is 2. The van der Waals surface area contributed by atoms with Gasteiger partial charge in [-0.05, 0) is 59.8 Å². The first kappa shape index (κ1) is 18.7. The van der Waals surface area contributed by atoms with Crippen LogP contribution in [0.5, 0.6) is 0 Å². The fraction of sp³-hybridized carbons (Fsp3) is 0.143. The SMILES string of the molecule is O=C(CSc1ccc(F)cc1)Nc1ccc2c(c1)N(C(=O)c1cccs1)CC2. The number of fused-ring (bicyclic) bond motifs is 1. The molecule has 1 aliphatic rings. The molecule has 0 saturated heterocycles. The maximum atomic E-state index is 12.9. The Labute approximate surface area is 170 Å². The quantitative estimate of drug-likeness (QED) is 0.611. The standard InChI is InChI=1S/C21H17FN2O2S2/c22-15-4-7-17(8-5-15)28-13-20(25)23-16-6-3-14-9-10-24(18(14)12-16)21(26)19-2-1-11-27-19/h1-8,11-12H,9-10,13H2,(H,23,25). The summed E-state index contributed by atoms with van der Waals surface area (Å²) in [4.78, 5) is 28.3. The van der Waals surface area contributed by atoms with Gasteiger partial charge >= 0.3 is 0 Å². The number of carbonyl (C=O) groups is 2. The van der Waals surface area contributed by atoms with Gasteiger partial charge in [0.15, 0.2) is 0 Å². The molecule has 0 aliphatic carbocycles. The highest BCUT2D eigenvalue weighted by Crippen LogP contribution is 2.32. The monoisotopic (exact) mass is 412 g/mol. The molecule has 1 N–H and O–H groups in total. The van der Waals surface area contributed by atoms with Gasteiger partial charge in [-0.3, -0.25) is 9.59 Å². The fourth-order valence-corrected chi connectivity index (χ4v) is 4.45. The lowest BCUT2D eigenvalue weighted by molar-refractivity contribution is -0.113. The molecule has 28 heavy (non-hydrogen) atoms. The molecule has 0 bridgehead atoms. The van der Waals surface area contributed by atoms with Gasteiger partial charge in [0, 0.05) is 22.8 Å². The van der Waals surface area contributed by atoms with Crippen molar-refractivity contribution in [2.45, 2.75) is 11.3 Å². The Morgan fingerprint density at radius 2 is 1.96 bits per heavy atom. The largest absolute Gasteiger partial charge is 0.325 e. The van der Waals surface area contributed by atoms with Crippen molar-refractivity contribution in [3.8, 4) is 0 Å². The van der Waals surface area contributed by atoms with Gasteiger partial charge in [0.1, 0.15) is 5.82 Å². The van der Waals surface area contributed by atoms with Crippen LogP contribution in [0.25, 0.3) is 0 Å². The third-order valence-electron chi connectivity index (χ3n) is 4.43. The van der Waals surface area contributed by atoms with Crippen LogP contribution >= 0.6 is 23.1 Å². The summed E-state index contributed by atoms with van der Waals surface area (Å²) in [6.45, 7) is 0.643. The molecule has 4 rings (SSSR count). The fourth-order valence-electron chi connectivity index (χ4n) is 3.08. The third kappa shape index (κ3) is 4.10. The van der Waals surface area contributed by atoms with Crippen molar-refractivity contribution in [1.29, 1.82) is 0 Å². The maximum absolute atomic E-state index is 12.9. The van der Waals surface area contributed by atoms with Crippen LogP contribution < -0.4 is 10.2 Å². The van der Waals surface area contributed by atoms with E-state index < -0.39 is 0 Å². The Bertz CT molecular complexity index is 1000. The van der Waals surface area contributed by atoms with Crippen LogP contribution in [0.2, 0.25) is 0 Å². The van der Waals surface area contributed by atoms with E-state index in [4.69, 9.17) is 0 Å². The molecule has 4 nitrogen and oxygen atoms in total. The van der Waals surface area contributed by atoms with Crippen molar-refractivity contribution >= 4 is 46.3 Å². The van der Waals surface area contributed by atoms with Gasteiger partial charge < -0.3 is 10.2 Å². The minimum Gasteiger partial charge on any atom is -0.325 e. The van der Waals surface area contributed by atoms with E-state index in [2.05, 4.69) is 5.32 Å². The van der Waals surface area contributed by atoms with Crippen LogP contribution in [-0.2, 0) is 11.2 Å². The summed E-state index contributed by atoms with van der Waals surface area (Å²) in [5.74, 6) is -0.235. The molecule has 1 aromatic heterocycles. The second-order valence-electron chi connectivity index (χ2n) is 6.32. The van der Waals surface area contributed by atoms with Gasteiger partial charge in [0.05, 0.1) is 10.6 Å². The second kappa shape index (κ2) is 8.16. The first-order chi connectivity index (χ1) is 13.6. The normalized spacial score (nSPS) is 12.7. The Kier molecular flexibility index (Phi) is 5.45. The van der Waals surface area contributed by atoms with E-state index in [0.717, 1.165) is 22.6 Å². The van der Waals surface area contributed by atoms with Crippen LogP contribution in [0.3, 0.4) is 0 Å². The van der Waals surface area contributed by atoms with Crippen molar-refractivity contribution < 1.29 is 14.0 Å². The van der Waals surface area contributed by atoms with Crippen LogP contribution in [0.4, 0.5) is 15.8 Å². The van der Waals surface area contributed by atoms with E-state index >= 15 is 0 Å². The highest BCUT2D eigenvalue weighted by atomic mass is 32.2. The third-order valence-corrected chi connectivity index (χ3v) is 6.30. The molecular formula is C21H17FN2O2S2. The molecule has 0 radical (unpaired) electrons. The van der Waals surface area contributed by atoms with Crippen molar-refractivity contribution in [2.24, 2.45) is 0 Å². The number of thioether (sulfide) groups is 1. The number of nitrogens with zero attached hydrogens (tertiary/aromatic N) is 1. The summed E-state index contributed by atoms with van der Waals surface area (Å²) in [6, 6.07) is 15.4. The van der Waals surface area contributed by atoms with Gasteiger partial charge in [-0.2, -0.15) is 0 Å². The molecule has 7 heteroatoms. The lowest BCUT2D eigenvalue weighted by Gasteiger charge is -2.17. The first-order valence-electron chi connectivity index (χ1n) is 8.77. The number of hydrogen-bond donors (Lipinski definition) is 1. The second-order valence-corrected chi connectivity index (χ2v) is 8.31. The number of thiophene rings is 1. The lowest BCUT2D eigenvalue weighted by atomic mass is 10.1. The van der Waals surface area contributed by atoms with E-state index in [1.807, 2.05) is 35.7 Å². The van der Waals surface area contributed by atoms with Gasteiger partial charge in [0.25, 0.3) is 5.91 Å². The highest BCUT2D eigenvalue weighted by molar-refractivity contribution is 8.00. The highest BCUT2D eigenvalue weighted by Gasteiger charge is 2.26. The topological polar surface area (TPSA) is 49.4 Å². The van der Waals surface area contributed by atoms with E-state index in [9.17, 15) is 14.0 Å². The number of halogens is 1. The van der Waals surface area contributed by atoms with E-state index in [0.29, 0.717) is 17.1 Å². The zero-order valence-electron chi connectivity index (χ0n) is 14.9. The van der Waals surface area contributed by atoms with Crippen molar-refractivity contribution in [3.05, 3.63) is 76.2 Å². The Balaban J connectivity index is 1.42. The lowest BCUT2D eigenvalue weighted by Crippen LogP contribution is -2.28.